The Morgan fingerprint density at radius 2 is 2.20 bits per heavy atom. The normalized spacial score (nSPS) is 13.1. The molecule has 0 aliphatic carbocycles. The molecule has 8 heteroatoms. The number of carbonyl (C=O) groups excluding carboxylic acids is 1. The van der Waals surface area contributed by atoms with Gasteiger partial charge in [-0.1, -0.05) is 6.07 Å². The van der Waals surface area contributed by atoms with Gasteiger partial charge >= 0.3 is 0 Å². The van der Waals surface area contributed by atoms with Crippen LogP contribution in [0.15, 0.2) is 35.7 Å². The highest BCUT2D eigenvalue weighted by Crippen LogP contribution is 2.28. The molecule has 0 bridgehead atoms. The van der Waals surface area contributed by atoms with Crippen molar-refractivity contribution in [1.82, 2.24) is 0 Å². The summed E-state index contributed by atoms with van der Waals surface area (Å²) in [6.45, 7) is 5.43. The number of anilines is 1. The molecule has 2 aromatic rings. The number of non-ortho nitro benzene ring substituents is 1. The van der Waals surface area contributed by atoms with Crippen LogP contribution in [0.25, 0.3) is 0 Å². The number of nitrogens with one attached hydrogen (secondary N) is 2. The van der Waals surface area contributed by atoms with Crippen LogP contribution in [0.3, 0.4) is 0 Å². The van der Waals surface area contributed by atoms with Crippen molar-refractivity contribution in [3.05, 3.63) is 50.7 Å². The lowest BCUT2D eigenvalue weighted by atomic mass is 10.2. The van der Waals surface area contributed by atoms with Gasteiger partial charge in [0.2, 0.25) is 0 Å². The fourth-order valence-electron chi connectivity index (χ4n) is 2.55. The number of nitro benzene ring substituents is 1. The minimum Gasteiger partial charge on any atom is -0.495 e. The third-order valence-corrected chi connectivity index (χ3v) is 4.97. The number of likely N-dealkylation sites (N-methyl/N-ethyl adjacent to an activating group) is 1. The van der Waals surface area contributed by atoms with Gasteiger partial charge in [0.25, 0.3) is 11.6 Å². The fourth-order valence-corrected chi connectivity index (χ4v) is 3.31. The number of rotatable bonds is 8. The molecule has 2 rings (SSSR count). The fraction of sp³-hybridized carbons (Fsp3) is 0.353. The van der Waals surface area contributed by atoms with E-state index in [1.54, 1.807) is 11.3 Å². The van der Waals surface area contributed by atoms with E-state index in [0.29, 0.717) is 11.4 Å². The van der Waals surface area contributed by atoms with E-state index < -0.39 is 4.92 Å². The van der Waals surface area contributed by atoms with Crippen molar-refractivity contribution < 1.29 is 19.4 Å². The molecule has 7 nitrogen and oxygen atoms in total. The van der Waals surface area contributed by atoms with Gasteiger partial charge in [0, 0.05) is 12.1 Å². The van der Waals surface area contributed by atoms with Crippen LogP contribution in [-0.4, -0.2) is 30.5 Å². The van der Waals surface area contributed by atoms with Crippen LogP contribution < -0.4 is 15.0 Å². The van der Waals surface area contributed by atoms with Gasteiger partial charge in [0.05, 0.1) is 29.1 Å². The summed E-state index contributed by atoms with van der Waals surface area (Å²) in [4.78, 5) is 25.4. The molecule has 0 fully saturated rings. The van der Waals surface area contributed by atoms with Gasteiger partial charge in [-0.15, -0.1) is 11.3 Å². The Hall–Kier alpha value is -2.45. The average molecular weight is 364 g/mol. The number of carbonyl (C=O) groups is 1. The summed E-state index contributed by atoms with van der Waals surface area (Å²) in [5.74, 6) is 0.189. The summed E-state index contributed by atoms with van der Waals surface area (Å²) in [5, 5.41) is 15.7. The zero-order valence-electron chi connectivity index (χ0n) is 14.4. The highest BCUT2D eigenvalue weighted by atomic mass is 32.1. The molecule has 1 aromatic carbocycles. The van der Waals surface area contributed by atoms with Crippen molar-refractivity contribution >= 4 is 28.6 Å². The van der Waals surface area contributed by atoms with Crippen LogP contribution >= 0.6 is 11.3 Å². The molecule has 1 unspecified atom stereocenters. The molecule has 134 valence electrons. The number of hydrogen-bond donors (Lipinski definition) is 2. The minimum absolute atomic E-state index is 0.0953. The highest BCUT2D eigenvalue weighted by Gasteiger charge is 2.25. The Bertz CT molecular complexity index is 733. The first-order chi connectivity index (χ1) is 12.0. The monoisotopic (exact) mass is 364 g/mol. The molecular formula is C17H22N3O4S+. The number of nitro groups is 1. The molecule has 2 atom stereocenters. The molecule has 0 aliphatic rings. The van der Waals surface area contributed by atoms with Crippen molar-refractivity contribution in [2.75, 3.05) is 19.0 Å². The van der Waals surface area contributed by atoms with E-state index in [0.717, 1.165) is 18.0 Å². The number of nitrogens with zero attached hydrogens (tertiary/aromatic N) is 1. The summed E-state index contributed by atoms with van der Waals surface area (Å²) in [5.41, 5.74) is 0.210. The van der Waals surface area contributed by atoms with Crippen LogP contribution in [-0.2, 0) is 11.3 Å². The van der Waals surface area contributed by atoms with Crippen molar-refractivity contribution in [2.24, 2.45) is 0 Å². The second-order valence-electron chi connectivity index (χ2n) is 5.62. The Morgan fingerprint density at radius 1 is 1.44 bits per heavy atom. The van der Waals surface area contributed by atoms with Crippen LogP contribution in [0.4, 0.5) is 11.4 Å². The number of quaternary nitrogens is 1. The number of methoxy groups -OCH3 is 1. The van der Waals surface area contributed by atoms with Gasteiger partial charge < -0.3 is 15.0 Å². The predicted molar refractivity (Wildman–Crippen MR) is 97.3 cm³/mol. The van der Waals surface area contributed by atoms with Gasteiger partial charge in [-0.2, -0.15) is 0 Å². The van der Waals surface area contributed by atoms with E-state index in [-0.39, 0.29) is 17.6 Å². The molecule has 0 radical (unpaired) electrons. The first-order valence-corrected chi connectivity index (χ1v) is 8.84. The Morgan fingerprint density at radius 3 is 2.76 bits per heavy atom. The van der Waals surface area contributed by atoms with Crippen LogP contribution in [0.1, 0.15) is 18.7 Å². The molecule has 0 saturated heterocycles. The average Bonchev–Trinajstić information content (AvgIpc) is 3.12. The van der Waals surface area contributed by atoms with Gasteiger partial charge in [0.15, 0.2) is 6.04 Å². The predicted octanol–water partition coefficient (Wildman–Crippen LogP) is 2.10. The van der Waals surface area contributed by atoms with Crippen LogP contribution in [0, 0.1) is 10.1 Å². The molecule has 0 aliphatic heterocycles. The second kappa shape index (κ2) is 8.59. The Labute approximate surface area is 150 Å². The topological polar surface area (TPSA) is 85.9 Å². The molecule has 2 N–H and O–H groups in total. The maximum Gasteiger partial charge on any atom is 0.282 e. The molecule has 1 amide bonds. The zero-order valence-corrected chi connectivity index (χ0v) is 15.3. The molecule has 0 saturated carbocycles. The van der Waals surface area contributed by atoms with Crippen LogP contribution in [0.2, 0.25) is 0 Å². The summed E-state index contributed by atoms with van der Waals surface area (Å²) in [6.07, 6.45) is 0. The lowest BCUT2D eigenvalue weighted by Gasteiger charge is -2.23. The van der Waals surface area contributed by atoms with Crippen molar-refractivity contribution in [2.45, 2.75) is 26.4 Å². The van der Waals surface area contributed by atoms with E-state index in [4.69, 9.17) is 4.74 Å². The van der Waals surface area contributed by atoms with E-state index in [9.17, 15) is 14.9 Å². The van der Waals surface area contributed by atoms with E-state index in [2.05, 4.69) is 11.4 Å². The van der Waals surface area contributed by atoms with Crippen molar-refractivity contribution in [3.8, 4) is 5.75 Å². The van der Waals surface area contributed by atoms with Crippen molar-refractivity contribution in [3.63, 3.8) is 0 Å². The lowest BCUT2D eigenvalue weighted by molar-refractivity contribution is -0.925. The highest BCUT2D eigenvalue weighted by molar-refractivity contribution is 7.09. The first kappa shape index (κ1) is 18.9. The quantitative estimate of drug-likeness (QED) is 0.555. The number of thiophene rings is 1. The summed E-state index contributed by atoms with van der Waals surface area (Å²) >= 11 is 1.66. The maximum atomic E-state index is 12.6. The molecule has 1 aromatic heterocycles. The van der Waals surface area contributed by atoms with Crippen molar-refractivity contribution in [1.29, 1.82) is 0 Å². The first-order valence-electron chi connectivity index (χ1n) is 7.96. The number of ether oxygens (including phenoxy) is 1. The summed E-state index contributed by atoms with van der Waals surface area (Å²) < 4.78 is 5.19. The standard InChI is InChI=1S/C17H21N3O4S/c1-4-19(11-14-6-5-9-25-14)12(2)17(21)18-15-10-13(20(22)23)7-8-16(15)24-3/h5-10,12H,4,11H2,1-3H3,(H,18,21)/p+1/t12-/m0/s1. The SMILES string of the molecule is CC[NH+](Cc1cccs1)[C@@H](C)C(=O)Nc1cc([N+](=O)[O-])ccc1OC. The smallest absolute Gasteiger partial charge is 0.282 e. The summed E-state index contributed by atoms with van der Waals surface area (Å²) in [7, 11) is 1.46. The van der Waals surface area contributed by atoms with Gasteiger partial charge in [-0.05, 0) is 31.4 Å². The van der Waals surface area contributed by atoms with Gasteiger partial charge in [-0.25, -0.2) is 0 Å². The van der Waals surface area contributed by atoms with Gasteiger partial charge in [-0.3, -0.25) is 14.9 Å². The lowest BCUT2D eigenvalue weighted by Crippen LogP contribution is -3.15. The zero-order chi connectivity index (χ0) is 18.4. The third kappa shape index (κ3) is 4.77. The third-order valence-electron chi connectivity index (χ3n) is 4.09. The van der Waals surface area contributed by atoms with Crippen LogP contribution in [0.5, 0.6) is 5.75 Å². The van der Waals surface area contributed by atoms with Gasteiger partial charge in [0.1, 0.15) is 12.3 Å². The minimum atomic E-state index is -0.501. The van der Waals surface area contributed by atoms with E-state index >= 15 is 0 Å². The summed E-state index contributed by atoms with van der Waals surface area (Å²) in [6, 6.07) is 7.87. The van der Waals surface area contributed by atoms with E-state index in [1.807, 2.05) is 25.3 Å². The second-order valence-corrected chi connectivity index (χ2v) is 6.65. The molecule has 25 heavy (non-hydrogen) atoms. The Kier molecular flexibility index (Phi) is 6.49. The molecule has 0 spiro atoms. The molecule has 1 heterocycles. The number of benzene rings is 1. The largest absolute Gasteiger partial charge is 0.495 e. The molecular weight excluding hydrogens is 342 g/mol. The number of amides is 1. The van der Waals surface area contributed by atoms with E-state index in [1.165, 1.54) is 30.2 Å². The maximum absolute atomic E-state index is 12.6. The Balaban J connectivity index is 2.14. The number of hydrogen-bond acceptors (Lipinski definition) is 5.